The number of hydrogen-bond acceptors (Lipinski definition) is 3. The lowest BCUT2D eigenvalue weighted by atomic mass is 10.2. The number of hydrogen-bond donors (Lipinski definition) is 3. The van der Waals surface area contributed by atoms with Crippen LogP contribution in [-0.2, 0) is 6.61 Å². The SMILES string of the molecule is Oc1cccc(OCc2c[nH]c3c(O)cccc23)c1. The van der Waals surface area contributed by atoms with Crippen LogP contribution in [0.25, 0.3) is 10.9 Å². The fraction of sp³-hybridized carbons (Fsp3) is 0.0667. The number of benzene rings is 2. The van der Waals surface area contributed by atoms with Crippen molar-refractivity contribution in [2.45, 2.75) is 6.61 Å². The first-order valence-electron chi connectivity index (χ1n) is 5.94. The van der Waals surface area contributed by atoms with Crippen molar-refractivity contribution in [2.75, 3.05) is 0 Å². The zero-order valence-corrected chi connectivity index (χ0v) is 10.1. The van der Waals surface area contributed by atoms with E-state index in [4.69, 9.17) is 4.74 Å². The number of aromatic hydroxyl groups is 2. The molecule has 0 spiro atoms. The molecule has 3 rings (SSSR count). The van der Waals surface area contributed by atoms with Crippen LogP contribution in [-0.4, -0.2) is 15.2 Å². The standard InChI is InChI=1S/C15H13NO3/c17-11-3-1-4-12(7-11)19-9-10-8-16-15-13(10)5-2-6-14(15)18/h1-8,16-18H,9H2. The molecule has 0 unspecified atom stereocenters. The molecule has 0 aliphatic rings. The number of ether oxygens (including phenoxy) is 1. The number of aromatic nitrogens is 1. The van der Waals surface area contributed by atoms with Gasteiger partial charge in [-0.15, -0.1) is 0 Å². The van der Waals surface area contributed by atoms with E-state index >= 15 is 0 Å². The summed E-state index contributed by atoms with van der Waals surface area (Å²) in [4.78, 5) is 3.02. The fourth-order valence-corrected chi connectivity index (χ4v) is 2.05. The molecule has 0 aliphatic carbocycles. The van der Waals surface area contributed by atoms with Crippen molar-refractivity contribution in [2.24, 2.45) is 0 Å². The Hall–Kier alpha value is -2.62. The summed E-state index contributed by atoms with van der Waals surface area (Å²) in [6.45, 7) is 0.368. The van der Waals surface area contributed by atoms with Crippen LogP contribution >= 0.6 is 0 Å². The van der Waals surface area contributed by atoms with Gasteiger partial charge in [0.2, 0.25) is 0 Å². The Morgan fingerprint density at radius 2 is 1.89 bits per heavy atom. The van der Waals surface area contributed by atoms with Crippen LogP contribution in [0.1, 0.15) is 5.56 Å². The number of phenols is 2. The third-order valence-electron chi connectivity index (χ3n) is 2.99. The van der Waals surface area contributed by atoms with E-state index in [9.17, 15) is 10.2 Å². The lowest BCUT2D eigenvalue weighted by Crippen LogP contribution is -1.93. The van der Waals surface area contributed by atoms with Gasteiger partial charge in [-0.1, -0.05) is 18.2 Å². The number of para-hydroxylation sites is 1. The zero-order chi connectivity index (χ0) is 13.2. The van der Waals surface area contributed by atoms with Crippen LogP contribution in [0.5, 0.6) is 17.2 Å². The Morgan fingerprint density at radius 3 is 2.74 bits per heavy atom. The normalized spacial score (nSPS) is 10.7. The predicted molar refractivity (Wildman–Crippen MR) is 72.4 cm³/mol. The van der Waals surface area contributed by atoms with Gasteiger partial charge >= 0.3 is 0 Å². The van der Waals surface area contributed by atoms with Crippen LogP contribution < -0.4 is 4.74 Å². The fourth-order valence-electron chi connectivity index (χ4n) is 2.05. The van der Waals surface area contributed by atoms with Crippen LogP contribution in [0.3, 0.4) is 0 Å². The molecule has 4 nitrogen and oxygen atoms in total. The average molecular weight is 255 g/mol. The van der Waals surface area contributed by atoms with Crippen molar-refractivity contribution in [3.63, 3.8) is 0 Å². The number of aromatic amines is 1. The highest BCUT2D eigenvalue weighted by molar-refractivity contribution is 5.87. The topological polar surface area (TPSA) is 65.5 Å². The first-order chi connectivity index (χ1) is 9.24. The maximum absolute atomic E-state index is 9.70. The molecule has 0 saturated heterocycles. The predicted octanol–water partition coefficient (Wildman–Crippen LogP) is 3.16. The maximum Gasteiger partial charge on any atom is 0.139 e. The average Bonchev–Trinajstić information content (AvgIpc) is 2.81. The number of H-pyrrole nitrogens is 1. The van der Waals surface area contributed by atoms with Gasteiger partial charge in [-0.05, 0) is 18.2 Å². The minimum atomic E-state index is 0.175. The van der Waals surface area contributed by atoms with E-state index in [2.05, 4.69) is 4.98 Å². The number of nitrogens with one attached hydrogen (secondary N) is 1. The summed E-state index contributed by atoms with van der Waals surface area (Å²) in [6, 6.07) is 12.0. The van der Waals surface area contributed by atoms with Gasteiger partial charge in [-0.3, -0.25) is 0 Å². The summed E-state index contributed by atoms with van der Waals surface area (Å²) in [6.07, 6.45) is 1.81. The van der Waals surface area contributed by atoms with E-state index in [-0.39, 0.29) is 11.5 Å². The summed E-state index contributed by atoms with van der Waals surface area (Å²) in [5, 5.41) is 20.0. The molecule has 3 N–H and O–H groups in total. The van der Waals surface area contributed by atoms with E-state index in [1.807, 2.05) is 12.3 Å². The molecule has 0 atom stereocenters. The minimum Gasteiger partial charge on any atom is -0.508 e. The van der Waals surface area contributed by atoms with Gasteiger partial charge in [0.15, 0.2) is 0 Å². The van der Waals surface area contributed by atoms with Gasteiger partial charge in [0.05, 0.1) is 5.52 Å². The molecular formula is C15H13NO3. The molecule has 1 heterocycles. The Kier molecular flexibility index (Phi) is 2.76. The Balaban J connectivity index is 1.84. The highest BCUT2D eigenvalue weighted by Crippen LogP contribution is 2.27. The molecule has 2 aromatic carbocycles. The summed E-state index contributed by atoms with van der Waals surface area (Å²) < 4.78 is 5.62. The van der Waals surface area contributed by atoms with E-state index in [1.165, 1.54) is 0 Å². The molecule has 4 heteroatoms. The van der Waals surface area contributed by atoms with Crippen molar-refractivity contribution < 1.29 is 14.9 Å². The monoisotopic (exact) mass is 255 g/mol. The van der Waals surface area contributed by atoms with Gasteiger partial charge in [-0.2, -0.15) is 0 Å². The van der Waals surface area contributed by atoms with Crippen molar-refractivity contribution in [3.8, 4) is 17.2 Å². The van der Waals surface area contributed by atoms with Crippen LogP contribution in [0.4, 0.5) is 0 Å². The zero-order valence-electron chi connectivity index (χ0n) is 10.1. The molecule has 96 valence electrons. The highest BCUT2D eigenvalue weighted by Gasteiger charge is 2.07. The molecular weight excluding hydrogens is 242 g/mol. The second-order valence-electron chi connectivity index (χ2n) is 4.30. The Bertz CT molecular complexity index is 718. The smallest absolute Gasteiger partial charge is 0.139 e. The van der Waals surface area contributed by atoms with Gasteiger partial charge in [0.1, 0.15) is 23.9 Å². The van der Waals surface area contributed by atoms with Crippen LogP contribution in [0, 0.1) is 0 Å². The molecule has 19 heavy (non-hydrogen) atoms. The van der Waals surface area contributed by atoms with Crippen molar-refractivity contribution in [1.82, 2.24) is 4.98 Å². The quantitative estimate of drug-likeness (QED) is 0.673. The lowest BCUT2D eigenvalue weighted by molar-refractivity contribution is 0.306. The van der Waals surface area contributed by atoms with Crippen LogP contribution in [0.15, 0.2) is 48.7 Å². The first-order valence-corrected chi connectivity index (χ1v) is 5.94. The molecule has 3 aromatic rings. The van der Waals surface area contributed by atoms with Crippen molar-refractivity contribution in [3.05, 3.63) is 54.2 Å². The van der Waals surface area contributed by atoms with Crippen molar-refractivity contribution >= 4 is 10.9 Å². The number of fused-ring (bicyclic) bond motifs is 1. The Morgan fingerprint density at radius 1 is 1.05 bits per heavy atom. The molecule has 0 radical (unpaired) electrons. The first kappa shape index (κ1) is 11.5. The molecule has 0 fully saturated rings. The number of phenolic OH excluding ortho intramolecular Hbond substituents is 2. The largest absolute Gasteiger partial charge is 0.508 e. The molecule has 0 aliphatic heterocycles. The highest BCUT2D eigenvalue weighted by atomic mass is 16.5. The third-order valence-corrected chi connectivity index (χ3v) is 2.99. The molecule has 0 saturated carbocycles. The van der Waals surface area contributed by atoms with Gasteiger partial charge in [0.25, 0.3) is 0 Å². The molecule has 0 bridgehead atoms. The Labute approximate surface area is 109 Å². The van der Waals surface area contributed by atoms with Crippen LogP contribution in [0.2, 0.25) is 0 Å². The lowest BCUT2D eigenvalue weighted by Gasteiger charge is -2.05. The van der Waals surface area contributed by atoms with Crippen molar-refractivity contribution in [1.29, 1.82) is 0 Å². The van der Waals surface area contributed by atoms with E-state index in [0.717, 1.165) is 10.9 Å². The third kappa shape index (κ3) is 2.20. The maximum atomic E-state index is 9.70. The van der Waals surface area contributed by atoms with Gasteiger partial charge < -0.3 is 19.9 Å². The van der Waals surface area contributed by atoms with Gasteiger partial charge in [0, 0.05) is 23.2 Å². The summed E-state index contributed by atoms with van der Waals surface area (Å²) in [7, 11) is 0. The van der Waals surface area contributed by atoms with E-state index in [1.54, 1.807) is 36.4 Å². The number of rotatable bonds is 3. The van der Waals surface area contributed by atoms with E-state index < -0.39 is 0 Å². The molecule has 0 amide bonds. The second kappa shape index (κ2) is 4.57. The molecule has 1 aromatic heterocycles. The summed E-state index contributed by atoms with van der Waals surface area (Å²) in [5.41, 5.74) is 1.66. The van der Waals surface area contributed by atoms with Gasteiger partial charge in [-0.25, -0.2) is 0 Å². The summed E-state index contributed by atoms with van der Waals surface area (Å²) in [5.74, 6) is 1.00. The minimum absolute atomic E-state index is 0.175. The van der Waals surface area contributed by atoms with E-state index in [0.29, 0.717) is 17.9 Å². The summed E-state index contributed by atoms with van der Waals surface area (Å²) >= 11 is 0. The second-order valence-corrected chi connectivity index (χ2v) is 4.30.